The van der Waals surface area contributed by atoms with Crippen LogP contribution >= 0.6 is 15.9 Å². The van der Waals surface area contributed by atoms with E-state index in [0.717, 1.165) is 0 Å². The number of rotatable bonds is 2. The van der Waals surface area contributed by atoms with Crippen molar-refractivity contribution in [2.75, 3.05) is 6.61 Å². The van der Waals surface area contributed by atoms with E-state index in [2.05, 4.69) is 20.9 Å². The summed E-state index contributed by atoms with van der Waals surface area (Å²) in [5.74, 6) is -0.349. The Bertz CT molecular complexity index is 296. The normalized spacial score (nSPS) is 9.92. The summed E-state index contributed by atoms with van der Waals surface area (Å²) < 4.78 is 7.04. The first-order valence-electron chi connectivity index (χ1n) is 3.51. The number of nitrogens with zero attached hydrogens (tertiary/aromatic N) is 2. The second-order valence-electron chi connectivity index (χ2n) is 2.19. The molecule has 0 N–H and O–H groups in total. The van der Waals surface area contributed by atoms with Crippen LogP contribution in [-0.4, -0.2) is 22.1 Å². The smallest absolute Gasteiger partial charge is 0.356 e. The van der Waals surface area contributed by atoms with Crippen molar-refractivity contribution in [1.29, 1.82) is 0 Å². The molecule has 1 aromatic heterocycles. The maximum atomic E-state index is 11.2. The molecule has 0 aliphatic carbocycles. The molecule has 12 heavy (non-hydrogen) atoms. The van der Waals surface area contributed by atoms with E-state index in [9.17, 15) is 4.79 Å². The van der Waals surface area contributed by atoms with Crippen LogP contribution in [0.3, 0.4) is 0 Å². The lowest BCUT2D eigenvalue weighted by molar-refractivity contribution is 0.0515. The minimum atomic E-state index is -0.349. The zero-order valence-corrected chi connectivity index (χ0v) is 8.46. The largest absolute Gasteiger partial charge is 0.461 e. The maximum Gasteiger partial charge on any atom is 0.356 e. The van der Waals surface area contributed by atoms with Crippen molar-refractivity contribution in [3.8, 4) is 0 Å². The molecular formula is C7H9BrN2O2. The van der Waals surface area contributed by atoms with Crippen molar-refractivity contribution >= 4 is 21.9 Å². The van der Waals surface area contributed by atoms with Gasteiger partial charge < -0.3 is 9.30 Å². The average molecular weight is 233 g/mol. The quantitative estimate of drug-likeness (QED) is 0.724. The van der Waals surface area contributed by atoms with E-state index in [1.54, 1.807) is 18.5 Å². The topological polar surface area (TPSA) is 44.1 Å². The molecule has 4 nitrogen and oxygen atoms in total. The molecule has 0 spiro atoms. The van der Waals surface area contributed by atoms with Crippen LogP contribution in [0.4, 0.5) is 0 Å². The summed E-state index contributed by atoms with van der Waals surface area (Å²) in [6, 6.07) is 0. The van der Waals surface area contributed by atoms with Crippen LogP contribution in [0.2, 0.25) is 0 Å². The van der Waals surface area contributed by atoms with Crippen LogP contribution in [0.15, 0.2) is 10.9 Å². The van der Waals surface area contributed by atoms with Gasteiger partial charge in [0, 0.05) is 7.05 Å². The van der Waals surface area contributed by atoms with Crippen molar-refractivity contribution in [1.82, 2.24) is 9.55 Å². The number of aromatic nitrogens is 2. The van der Waals surface area contributed by atoms with Crippen molar-refractivity contribution in [2.45, 2.75) is 6.92 Å². The van der Waals surface area contributed by atoms with Gasteiger partial charge >= 0.3 is 5.97 Å². The van der Waals surface area contributed by atoms with Crippen LogP contribution in [0.25, 0.3) is 0 Å². The number of hydrogen-bond acceptors (Lipinski definition) is 3. The lowest BCUT2D eigenvalue weighted by atomic mass is 10.5. The summed E-state index contributed by atoms with van der Waals surface area (Å²) in [5, 5.41) is 0. The van der Waals surface area contributed by atoms with E-state index in [0.29, 0.717) is 17.0 Å². The molecule has 0 fully saturated rings. The number of halogens is 1. The zero-order chi connectivity index (χ0) is 9.14. The van der Waals surface area contributed by atoms with Crippen LogP contribution < -0.4 is 0 Å². The fraction of sp³-hybridized carbons (Fsp3) is 0.429. The van der Waals surface area contributed by atoms with E-state index in [1.165, 1.54) is 6.20 Å². The van der Waals surface area contributed by atoms with Gasteiger partial charge in [-0.2, -0.15) is 0 Å². The number of carbonyl (C=O) groups is 1. The molecule has 0 saturated heterocycles. The van der Waals surface area contributed by atoms with E-state index in [-0.39, 0.29) is 5.97 Å². The highest BCUT2D eigenvalue weighted by Gasteiger charge is 2.12. The second kappa shape index (κ2) is 3.71. The molecule has 0 bridgehead atoms. The summed E-state index contributed by atoms with van der Waals surface area (Å²) in [6.07, 6.45) is 1.47. The van der Waals surface area contributed by atoms with Gasteiger partial charge in [-0.25, -0.2) is 9.78 Å². The molecule has 1 heterocycles. The minimum Gasteiger partial charge on any atom is -0.461 e. The molecule has 0 amide bonds. The van der Waals surface area contributed by atoms with Crippen LogP contribution in [0.1, 0.15) is 17.4 Å². The summed E-state index contributed by atoms with van der Waals surface area (Å²) >= 11 is 3.18. The molecule has 66 valence electrons. The Hall–Kier alpha value is -0.840. The van der Waals surface area contributed by atoms with E-state index in [1.807, 2.05) is 0 Å². The fourth-order valence-corrected chi connectivity index (χ4v) is 1.08. The molecule has 0 aliphatic rings. The van der Waals surface area contributed by atoms with Gasteiger partial charge in [-0.05, 0) is 22.9 Å². The molecule has 0 unspecified atom stereocenters. The Balaban J connectivity index is 2.88. The Morgan fingerprint density at radius 2 is 2.50 bits per heavy atom. The van der Waals surface area contributed by atoms with Gasteiger partial charge in [-0.15, -0.1) is 0 Å². The van der Waals surface area contributed by atoms with Crippen molar-refractivity contribution in [3.05, 3.63) is 16.6 Å². The molecule has 5 heteroatoms. The highest BCUT2D eigenvalue weighted by Crippen LogP contribution is 2.09. The molecule has 0 aliphatic heterocycles. The number of imidazole rings is 1. The molecule has 0 aromatic carbocycles. The number of esters is 1. The van der Waals surface area contributed by atoms with E-state index < -0.39 is 0 Å². The first-order chi connectivity index (χ1) is 5.66. The first kappa shape index (κ1) is 9.25. The maximum absolute atomic E-state index is 11.2. The van der Waals surface area contributed by atoms with Crippen LogP contribution in [0, 0.1) is 0 Å². The van der Waals surface area contributed by atoms with Crippen molar-refractivity contribution < 1.29 is 9.53 Å². The lowest BCUT2D eigenvalue weighted by Crippen LogP contribution is -2.09. The van der Waals surface area contributed by atoms with Gasteiger partial charge in [-0.3, -0.25) is 0 Å². The highest BCUT2D eigenvalue weighted by atomic mass is 79.9. The summed E-state index contributed by atoms with van der Waals surface area (Å²) in [7, 11) is 1.74. The van der Waals surface area contributed by atoms with Gasteiger partial charge in [0.15, 0.2) is 4.73 Å². The third-order valence-corrected chi connectivity index (χ3v) is 2.15. The summed E-state index contributed by atoms with van der Waals surface area (Å²) in [5.41, 5.74) is 0.448. The molecule has 1 aromatic rings. The number of ether oxygens (including phenoxy) is 1. The standard InChI is InChI=1S/C7H9BrN2O2/c1-3-12-6(11)5-4-9-7(8)10(5)2/h4H,3H2,1-2H3. The van der Waals surface area contributed by atoms with Gasteiger partial charge in [0.2, 0.25) is 0 Å². The molecular weight excluding hydrogens is 224 g/mol. The van der Waals surface area contributed by atoms with Gasteiger partial charge in [-0.1, -0.05) is 0 Å². The SMILES string of the molecule is CCOC(=O)c1cnc(Br)n1C. The molecule has 0 radical (unpaired) electrons. The predicted octanol–water partition coefficient (Wildman–Crippen LogP) is 1.36. The fourth-order valence-electron chi connectivity index (χ4n) is 0.782. The molecule has 1 rings (SSSR count). The monoisotopic (exact) mass is 232 g/mol. The third kappa shape index (κ3) is 1.66. The van der Waals surface area contributed by atoms with E-state index >= 15 is 0 Å². The van der Waals surface area contributed by atoms with Gasteiger partial charge in [0.1, 0.15) is 5.69 Å². The number of carbonyl (C=O) groups excluding carboxylic acids is 1. The third-order valence-electron chi connectivity index (χ3n) is 1.42. The van der Waals surface area contributed by atoms with Crippen LogP contribution in [-0.2, 0) is 11.8 Å². The highest BCUT2D eigenvalue weighted by molar-refractivity contribution is 9.10. The number of hydrogen-bond donors (Lipinski definition) is 0. The Morgan fingerprint density at radius 1 is 1.83 bits per heavy atom. The first-order valence-corrected chi connectivity index (χ1v) is 4.30. The summed E-state index contributed by atoms with van der Waals surface area (Å²) in [6.45, 7) is 2.14. The predicted molar refractivity (Wildman–Crippen MR) is 46.9 cm³/mol. The average Bonchev–Trinajstić information content (AvgIpc) is 2.34. The molecule has 0 atom stereocenters. The van der Waals surface area contributed by atoms with Gasteiger partial charge in [0.25, 0.3) is 0 Å². The Kier molecular flexibility index (Phi) is 2.86. The Morgan fingerprint density at radius 3 is 2.92 bits per heavy atom. The van der Waals surface area contributed by atoms with E-state index in [4.69, 9.17) is 4.74 Å². The summed E-state index contributed by atoms with van der Waals surface area (Å²) in [4.78, 5) is 15.1. The molecule has 0 saturated carbocycles. The minimum absolute atomic E-state index is 0.349. The second-order valence-corrected chi connectivity index (χ2v) is 2.90. The Labute approximate surface area is 78.7 Å². The zero-order valence-electron chi connectivity index (χ0n) is 6.87. The van der Waals surface area contributed by atoms with Crippen molar-refractivity contribution in [3.63, 3.8) is 0 Å². The van der Waals surface area contributed by atoms with Crippen LogP contribution in [0.5, 0.6) is 0 Å². The van der Waals surface area contributed by atoms with Crippen molar-refractivity contribution in [2.24, 2.45) is 7.05 Å². The van der Waals surface area contributed by atoms with Gasteiger partial charge in [0.05, 0.1) is 12.8 Å². The lowest BCUT2D eigenvalue weighted by Gasteiger charge is -2.01.